The van der Waals surface area contributed by atoms with E-state index in [1.165, 1.54) is 6.08 Å². The minimum absolute atomic E-state index is 0.0566. The minimum Gasteiger partial charge on any atom is -0.454 e. The first-order chi connectivity index (χ1) is 12.1. The predicted octanol–water partition coefficient (Wildman–Crippen LogP) is 2.59. The number of amides is 2. The van der Waals surface area contributed by atoms with E-state index in [1.807, 2.05) is 30.3 Å². The van der Waals surface area contributed by atoms with Crippen LogP contribution in [0.2, 0.25) is 0 Å². The Bertz CT molecular complexity index is 904. The van der Waals surface area contributed by atoms with Crippen LogP contribution in [-0.4, -0.2) is 25.7 Å². The van der Waals surface area contributed by atoms with Gasteiger partial charge in [0.05, 0.1) is 6.42 Å². The summed E-state index contributed by atoms with van der Waals surface area (Å²) in [4.78, 5) is 25.5. The standard InChI is InChI=1S/C19H16N2O4/c1-21-15-5-4-14(9-13(15)10-19(21)23)20-18(22)7-3-12-2-6-16-17(8-12)25-11-24-16/h2-9H,10-11H2,1H3,(H,20,22)/b7-3+. The summed E-state index contributed by atoms with van der Waals surface area (Å²) >= 11 is 0. The molecule has 1 N–H and O–H groups in total. The lowest BCUT2D eigenvalue weighted by molar-refractivity contribution is -0.117. The highest BCUT2D eigenvalue weighted by Gasteiger charge is 2.23. The second-order valence-electron chi connectivity index (χ2n) is 5.91. The van der Waals surface area contributed by atoms with Gasteiger partial charge in [-0.15, -0.1) is 0 Å². The predicted molar refractivity (Wildman–Crippen MR) is 93.8 cm³/mol. The number of fused-ring (bicyclic) bond motifs is 2. The van der Waals surface area contributed by atoms with Crippen LogP contribution in [0.25, 0.3) is 6.08 Å². The number of anilines is 2. The summed E-state index contributed by atoms with van der Waals surface area (Å²) in [5.41, 5.74) is 3.33. The van der Waals surface area contributed by atoms with Gasteiger partial charge >= 0.3 is 0 Å². The highest BCUT2D eigenvalue weighted by molar-refractivity contribution is 6.04. The maximum absolute atomic E-state index is 12.1. The molecule has 6 heteroatoms. The third-order valence-electron chi connectivity index (χ3n) is 4.25. The zero-order valence-electron chi connectivity index (χ0n) is 13.6. The fourth-order valence-electron chi connectivity index (χ4n) is 2.92. The second kappa shape index (κ2) is 5.98. The van der Waals surface area contributed by atoms with Gasteiger partial charge in [-0.25, -0.2) is 0 Å². The van der Waals surface area contributed by atoms with Crippen LogP contribution in [0.1, 0.15) is 11.1 Å². The molecule has 0 spiro atoms. The molecule has 126 valence electrons. The zero-order chi connectivity index (χ0) is 17.4. The summed E-state index contributed by atoms with van der Waals surface area (Å²) in [7, 11) is 1.75. The summed E-state index contributed by atoms with van der Waals surface area (Å²) in [5.74, 6) is 1.20. The van der Waals surface area contributed by atoms with Crippen molar-refractivity contribution in [2.75, 3.05) is 24.1 Å². The molecule has 25 heavy (non-hydrogen) atoms. The van der Waals surface area contributed by atoms with Crippen LogP contribution in [0.15, 0.2) is 42.5 Å². The van der Waals surface area contributed by atoms with Gasteiger partial charge in [0.25, 0.3) is 0 Å². The van der Waals surface area contributed by atoms with E-state index in [1.54, 1.807) is 24.1 Å². The van der Waals surface area contributed by atoms with Crippen molar-refractivity contribution in [3.63, 3.8) is 0 Å². The van der Waals surface area contributed by atoms with Crippen molar-refractivity contribution < 1.29 is 19.1 Å². The SMILES string of the molecule is CN1C(=O)Cc2cc(NC(=O)/C=C/c3ccc4c(c3)OCO4)ccc21. The van der Waals surface area contributed by atoms with Gasteiger partial charge in [-0.2, -0.15) is 0 Å². The van der Waals surface area contributed by atoms with Gasteiger partial charge in [-0.05, 0) is 47.5 Å². The average Bonchev–Trinajstić information content (AvgIpc) is 3.17. The van der Waals surface area contributed by atoms with Crippen molar-refractivity contribution in [2.24, 2.45) is 0 Å². The van der Waals surface area contributed by atoms with Gasteiger partial charge in [0.2, 0.25) is 18.6 Å². The van der Waals surface area contributed by atoms with Gasteiger partial charge < -0.3 is 19.7 Å². The molecule has 0 bridgehead atoms. The molecule has 2 aromatic carbocycles. The van der Waals surface area contributed by atoms with E-state index in [0.717, 1.165) is 16.8 Å². The van der Waals surface area contributed by atoms with E-state index < -0.39 is 0 Å². The molecule has 6 nitrogen and oxygen atoms in total. The number of likely N-dealkylation sites (N-methyl/N-ethyl adjacent to an activating group) is 1. The van der Waals surface area contributed by atoms with E-state index in [2.05, 4.69) is 5.32 Å². The van der Waals surface area contributed by atoms with Crippen molar-refractivity contribution in [1.29, 1.82) is 0 Å². The summed E-state index contributed by atoms with van der Waals surface area (Å²) in [5, 5.41) is 2.81. The molecule has 0 unspecified atom stereocenters. The summed E-state index contributed by atoms with van der Waals surface area (Å²) in [6, 6.07) is 11.0. The molecule has 2 aliphatic heterocycles. The number of ether oxygens (including phenoxy) is 2. The summed E-state index contributed by atoms with van der Waals surface area (Å²) in [6.07, 6.45) is 3.53. The number of carbonyl (C=O) groups is 2. The topological polar surface area (TPSA) is 67.9 Å². The van der Waals surface area contributed by atoms with E-state index in [9.17, 15) is 9.59 Å². The maximum Gasteiger partial charge on any atom is 0.248 e. The molecule has 4 rings (SSSR count). The van der Waals surface area contributed by atoms with Crippen molar-refractivity contribution in [3.05, 3.63) is 53.6 Å². The molecule has 0 aromatic heterocycles. The van der Waals surface area contributed by atoms with E-state index in [0.29, 0.717) is 23.6 Å². The van der Waals surface area contributed by atoms with Crippen LogP contribution in [-0.2, 0) is 16.0 Å². The minimum atomic E-state index is -0.240. The molecule has 2 amide bonds. The number of rotatable bonds is 3. The Balaban J connectivity index is 1.44. The molecule has 0 fully saturated rings. The fraction of sp³-hybridized carbons (Fsp3) is 0.158. The van der Waals surface area contributed by atoms with Crippen molar-refractivity contribution >= 4 is 29.3 Å². The fourth-order valence-corrected chi connectivity index (χ4v) is 2.92. The third kappa shape index (κ3) is 2.94. The lowest BCUT2D eigenvalue weighted by Crippen LogP contribution is -2.20. The third-order valence-corrected chi connectivity index (χ3v) is 4.25. The normalized spacial score (nSPS) is 14.9. The van der Waals surface area contributed by atoms with E-state index in [-0.39, 0.29) is 18.6 Å². The smallest absolute Gasteiger partial charge is 0.248 e. The number of hydrogen-bond donors (Lipinski definition) is 1. The average molecular weight is 336 g/mol. The first-order valence-corrected chi connectivity index (χ1v) is 7.88. The first kappa shape index (κ1) is 15.3. The lowest BCUT2D eigenvalue weighted by Gasteiger charge is -2.10. The van der Waals surface area contributed by atoms with Gasteiger partial charge in [0, 0.05) is 24.5 Å². The van der Waals surface area contributed by atoms with Crippen molar-refractivity contribution in [1.82, 2.24) is 0 Å². The van der Waals surface area contributed by atoms with Crippen molar-refractivity contribution in [3.8, 4) is 11.5 Å². The van der Waals surface area contributed by atoms with E-state index >= 15 is 0 Å². The Morgan fingerprint density at radius 3 is 2.88 bits per heavy atom. The number of hydrogen-bond acceptors (Lipinski definition) is 4. The van der Waals surface area contributed by atoms with Crippen LogP contribution >= 0.6 is 0 Å². The molecular weight excluding hydrogens is 320 g/mol. The highest BCUT2D eigenvalue weighted by Crippen LogP contribution is 2.33. The number of benzene rings is 2. The Morgan fingerprint density at radius 1 is 1.16 bits per heavy atom. The van der Waals surface area contributed by atoms with Crippen LogP contribution in [0, 0.1) is 0 Å². The Labute approximate surface area is 144 Å². The first-order valence-electron chi connectivity index (χ1n) is 7.88. The molecule has 2 heterocycles. The zero-order valence-corrected chi connectivity index (χ0v) is 13.6. The molecular formula is C19H16N2O4. The van der Waals surface area contributed by atoms with Gasteiger partial charge in [-0.3, -0.25) is 9.59 Å². The number of nitrogens with one attached hydrogen (secondary N) is 1. The second-order valence-corrected chi connectivity index (χ2v) is 5.91. The van der Waals surface area contributed by atoms with Gasteiger partial charge in [0.1, 0.15) is 0 Å². The van der Waals surface area contributed by atoms with Gasteiger partial charge in [-0.1, -0.05) is 6.07 Å². The largest absolute Gasteiger partial charge is 0.454 e. The molecule has 0 atom stereocenters. The maximum atomic E-state index is 12.1. The molecule has 0 saturated carbocycles. The molecule has 2 aromatic rings. The molecule has 0 radical (unpaired) electrons. The van der Waals surface area contributed by atoms with Crippen LogP contribution in [0.5, 0.6) is 11.5 Å². The Morgan fingerprint density at radius 2 is 2.00 bits per heavy atom. The molecule has 0 aliphatic carbocycles. The Hall–Kier alpha value is -3.28. The van der Waals surface area contributed by atoms with Crippen molar-refractivity contribution in [2.45, 2.75) is 6.42 Å². The Kier molecular flexibility index (Phi) is 3.65. The monoisotopic (exact) mass is 336 g/mol. The van der Waals surface area contributed by atoms with Crippen LogP contribution in [0.3, 0.4) is 0 Å². The van der Waals surface area contributed by atoms with E-state index in [4.69, 9.17) is 9.47 Å². The molecule has 0 saturated heterocycles. The molecule has 2 aliphatic rings. The summed E-state index contributed by atoms with van der Waals surface area (Å²) in [6.45, 7) is 0.221. The quantitative estimate of drug-likeness (QED) is 0.875. The number of nitrogens with zero attached hydrogens (tertiary/aromatic N) is 1. The lowest BCUT2D eigenvalue weighted by atomic mass is 10.1. The van der Waals surface area contributed by atoms with Crippen LogP contribution in [0.4, 0.5) is 11.4 Å². The summed E-state index contributed by atoms with van der Waals surface area (Å²) < 4.78 is 10.6. The highest BCUT2D eigenvalue weighted by atomic mass is 16.7. The van der Waals surface area contributed by atoms with Gasteiger partial charge in [0.15, 0.2) is 11.5 Å². The number of carbonyl (C=O) groups excluding carboxylic acids is 2. The van der Waals surface area contributed by atoms with Crippen LogP contribution < -0.4 is 19.7 Å².